The first kappa shape index (κ1) is 21.8. The Morgan fingerprint density at radius 1 is 0.781 bits per heavy atom. The lowest BCUT2D eigenvalue weighted by molar-refractivity contribution is 0.102. The van der Waals surface area contributed by atoms with E-state index in [1.165, 1.54) is 5.56 Å². The van der Waals surface area contributed by atoms with Gasteiger partial charge in [0.2, 0.25) is 5.95 Å². The molecule has 0 aliphatic carbocycles. The topological polar surface area (TPSA) is 78.9 Å². The number of hydrogen-bond donors (Lipinski definition) is 3. The highest BCUT2D eigenvalue weighted by Gasteiger charge is 2.10. The Bertz CT molecular complexity index is 1240. The number of halogens is 1. The highest BCUT2D eigenvalue weighted by molar-refractivity contribution is 14.1. The first-order chi connectivity index (χ1) is 15.5. The minimum Gasteiger partial charge on any atom is -0.340 e. The van der Waals surface area contributed by atoms with Gasteiger partial charge < -0.3 is 16.0 Å². The summed E-state index contributed by atoms with van der Waals surface area (Å²) in [5.74, 6) is 1.07. The van der Waals surface area contributed by atoms with Crippen LogP contribution in [-0.2, 0) is 0 Å². The first-order valence-corrected chi connectivity index (χ1v) is 11.2. The van der Waals surface area contributed by atoms with E-state index in [0.29, 0.717) is 23.0 Å². The molecule has 1 aromatic heterocycles. The Kier molecular flexibility index (Phi) is 6.65. The van der Waals surface area contributed by atoms with Crippen LogP contribution in [0.25, 0.3) is 0 Å². The standard InChI is InChI=1S/C25H22IN5O/c1-16-7-9-18(10-8-16)28-23-15-17(2)27-25(31-23)30-20-13-11-19(12-14-20)29-24(32)21-5-3-4-6-22(21)26/h3-15H,1-2H3,(H,29,32)(H2,27,28,30,31). The van der Waals surface area contributed by atoms with E-state index in [-0.39, 0.29) is 5.91 Å². The number of benzene rings is 3. The lowest BCUT2D eigenvalue weighted by Gasteiger charge is -2.11. The molecule has 0 bridgehead atoms. The van der Waals surface area contributed by atoms with Crippen LogP contribution < -0.4 is 16.0 Å². The van der Waals surface area contributed by atoms with Crippen molar-refractivity contribution in [2.24, 2.45) is 0 Å². The van der Waals surface area contributed by atoms with Crippen molar-refractivity contribution in [2.45, 2.75) is 13.8 Å². The molecule has 0 unspecified atom stereocenters. The summed E-state index contributed by atoms with van der Waals surface area (Å²) in [6, 6.07) is 25.0. The van der Waals surface area contributed by atoms with Crippen LogP contribution in [0.15, 0.2) is 78.9 Å². The van der Waals surface area contributed by atoms with E-state index >= 15 is 0 Å². The highest BCUT2D eigenvalue weighted by Crippen LogP contribution is 2.21. The molecule has 3 N–H and O–H groups in total. The van der Waals surface area contributed by atoms with Gasteiger partial charge in [0.05, 0.1) is 5.56 Å². The minimum absolute atomic E-state index is 0.135. The Morgan fingerprint density at radius 2 is 1.41 bits per heavy atom. The number of hydrogen-bond acceptors (Lipinski definition) is 5. The molecule has 6 nitrogen and oxygen atoms in total. The van der Waals surface area contributed by atoms with Crippen LogP contribution in [0.5, 0.6) is 0 Å². The molecule has 0 saturated heterocycles. The van der Waals surface area contributed by atoms with Gasteiger partial charge in [-0.3, -0.25) is 4.79 Å². The molecule has 0 fully saturated rings. The lowest BCUT2D eigenvalue weighted by atomic mass is 10.2. The summed E-state index contributed by atoms with van der Waals surface area (Å²) in [4.78, 5) is 21.5. The minimum atomic E-state index is -0.135. The predicted molar refractivity (Wildman–Crippen MR) is 138 cm³/mol. The van der Waals surface area contributed by atoms with Gasteiger partial charge in [0, 0.05) is 32.4 Å². The maximum absolute atomic E-state index is 12.5. The van der Waals surface area contributed by atoms with Crippen molar-refractivity contribution >= 4 is 57.3 Å². The van der Waals surface area contributed by atoms with E-state index in [9.17, 15) is 4.79 Å². The summed E-state index contributed by atoms with van der Waals surface area (Å²) in [6.07, 6.45) is 0. The normalized spacial score (nSPS) is 10.5. The van der Waals surface area contributed by atoms with Crippen molar-refractivity contribution in [1.29, 1.82) is 0 Å². The molecule has 0 spiro atoms. The van der Waals surface area contributed by atoms with Gasteiger partial charge >= 0.3 is 0 Å². The summed E-state index contributed by atoms with van der Waals surface area (Å²) < 4.78 is 0.910. The van der Waals surface area contributed by atoms with Gasteiger partial charge in [0.1, 0.15) is 5.82 Å². The molecule has 0 saturated carbocycles. The average molecular weight is 535 g/mol. The van der Waals surface area contributed by atoms with Crippen molar-refractivity contribution in [3.05, 3.63) is 99.3 Å². The predicted octanol–water partition coefficient (Wildman–Crippen LogP) is 6.44. The van der Waals surface area contributed by atoms with Gasteiger partial charge in [-0.2, -0.15) is 4.98 Å². The highest BCUT2D eigenvalue weighted by atomic mass is 127. The van der Waals surface area contributed by atoms with E-state index in [1.807, 2.05) is 73.7 Å². The summed E-state index contributed by atoms with van der Waals surface area (Å²) in [5.41, 5.74) is 5.20. The van der Waals surface area contributed by atoms with E-state index in [1.54, 1.807) is 0 Å². The third kappa shape index (κ3) is 5.61. The molecule has 1 amide bonds. The van der Waals surface area contributed by atoms with Crippen LogP contribution in [-0.4, -0.2) is 15.9 Å². The van der Waals surface area contributed by atoms with E-state index in [0.717, 1.165) is 20.6 Å². The molecule has 0 radical (unpaired) electrons. The largest absolute Gasteiger partial charge is 0.340 e. The van der Waals surface area contributed by atoms with Gasteiger partial charge in [-0.15, -0.1) is 0 Å². The van der Waals surface area contributed by atoms with Crippen molar-refractivity contribution < 1.29 is 4.79 Å². The monoisotopic (exact) mass is 535 g/mol. The van der Waals surface area contributed by atoms with Crippen LogP contribution >= 0.6 is 22.6 Å². The maximum atomic E-state index is 12.5. The number of nitrogens with zero attached hydrogens (tertiary/aromatic N) is 2. The SMILES string of the molecule is Cc1ccc(Nc2cc(C)nc(Nc3ccc(NC(=O)c4ccccc4I)cc3)n2)cc1. The fourth-order valence-electron chi connectivity index (χ4n) is 3.08. The number of amides is 1. The molecule has 0 aliphatic heterocycles. The van der Waals surface area contributed by atoms with Crippen molar-refractivity contribution in [3.63, 3.8) is 0 Å². The molecule has 0 atom stereocenters. The van der Waals surface area contributed by atoms with Crippen LogP contribution in [0.2, 0.25) is 0 Å². The number of carbonyl (C=O) groups excluding carboxylic acids is 1. The molecular weight excluding hydrogens is 513 g/mol. The molecule has 0 aliphatic rings. The van der Waals surface area contributed by atoms with E-state index in [4.69, 9.17) is 0 Å². The van der Waals surface area contributed by atoms with Crippen molar-refractivity contribution in [3.8, 4) is 0 Å². The molecule has 32 heavy (non-hydrogen) atoms. The average Bonchev–Trinajstić information content (AvgIpc) is 2.76. The van der Waals surface area contributed by atoms with Gasteiger partial charge in [-0.05, 0) is 85.0 Å². The third-order valence-electron chi connectivity index (χ3n) is 4.70. The number of anilines is 5. The van der Waals surface area contributed by atoms with E-state index in [2.05, 4.69) is 67.6 Å². The fraction of sp³-hybridized carbons (Fsp3) is 0.0800. The molecule has 160 valence electrons. The Morgan fingerprint density at radius 3 is 2.12 bits per heavy atom. The number of nitrogens with one attached hydrogen (secondary N) is 3. The molecule has 3 aromatic carbocycles. The number of aromatic nitrogens is 2. The second kappa shape index (κ2) is 9.78. The van der Waals surface area contributed by atoms with Crippen molar-refractivity contribution in [2.75, 3.05) is 16.0 Å². The number of aryl methyl sites for hydroxylation is 2. The summed E-state index contributed by atoms with van der Waals surface area (Å²) in [7, 11) is 0. The van der Waals surface area contributed by atoms with Crippen LogP contribution in [0, 0.1) is 17.4 Å². The smallest absolute Gasteiger partial charge is 0.256 e. The maximum Gasteiger partial charge on any atom is 0.256 e. The third-order valence-corrected chi connectivity index (χ3v) is 5.64. The molecular formula is C25H22IN5O. The number of rotatable bonds is 6. The Labute approximate surface area is 200 Å². The zero-order chi connectivity index (χ0) is 22.5. The molecule has 7 heteroatoms. The second-order valence-corrected chi connectivity index (χ2v) is 8.51. The van der Waals surface area contributed by atoms with Crippen molar-refractivity contribution in [1.82, 2.24) is 9.97 Å². The van der Waals surface area contributed by atoms with E-state index < -0.39 is 0 Å². The van der Waals surface area contributed by atoms with Gasteiger partial charge in [0.15, 0.2) is 0 Å². The first-order valence-electron chi connectivity index (χ1n) is 10.1. The zero-order valence-electron chi connectivity index (χ0n) is 17.7. The summed E-state index contributed by atoms with van der Waals surface area (Å²) in [6.45, 7) is 3.98. The van der Waals surface area contributed by atoms with Crippen LogP contribution in [0.1, 0.15) is 21.6 Å². The molecule has 4 aromatic rings. The van der Waals surface area contributed by atoms with Gasteiger partial charge in [-0.1, -0.05) is 29.8 Å². The quantitative estimate of drug-likeness (QED) is 0.248. The van der Waals surface area contributed by atoms with Crippen LogP contribution in [0.3, 0.4) is 0 Å². The summed E-state index contributed by atoms with van der Waals surface area (Å²) >= 11 is 2.16. The van der Waals surface area contributed by atoms with Crippen LogP contribution in [0.4, 0.5) is 28.8 Å². The Balaban J connectivity index is 1.44. The second-order valence-electron chi connectivity index (χ2n) is 7.35. The lowest BCUT2D eigenvalue weighted by Crippen LogP contribution is -2.13. The molecule has 1 heterocycles. The zero-order valence-corrected chi connectivity index (χ0v) is 19.8. The van der Waals surface area contributed by atoms with Gasteiger partial charge in [0.25, 0.3) is 5.91 Å². The molecule has 4 rings (SSSR count). The Hall–Kier alpha value is -3.46. The fourth-order valence-corrected chi connectivity index (χ4v) is 3.72. The summed E-state index contributed by atoms with van der Waals surface area (Å²) in [5, 5.41) is 9.46. The number of carbonyl (C=O) groups is 1. The van der Waals surface area contributed by atoms with Gasteiger partial charge in [-0.25, -0.2) is 4.98 Å².